The molecule has 0 aromatic heterocycles. The lowest BCUT2D eigenvalue weighted by Crippen LogP contribution is -2.35. The normalized spacial score (nSPS) is 13.0. The SMILES string of the molecule is CN(C)S(=O)(=O)c1ccc(N)c(NCC(F)(F)C(F)F)c1. The van der Waals surface area contributed by atoms with Crippen molar-refractivity contribution in [1.82, 2.24) is 4.31 Å². The fourth-order valence-corrected chi connectivity index (χ4v) is 2.28. The molecule has 0 aliphatic heterocycles. The Kier molecular flexibility index (Phi) is 5.05. The number of nitrogens with one attached hydrogen (secondary N) is 1. The van der Waals surface area contributed by atoms with Crippen molar-refractivity contribution in [2.45, 2.75) is 17.2 Å². The number of sulfonamides is 1. The van der Waals surface area contributed by atoms with Gasteiger partial charge in [0.05, 0.1) is 22.8 Å². The molecule has 0 bridgehead atoms. The minimum Gasteiger partial charge on any atom is -0.397 e. The third-order valence-electron chi connectivity index (χ3n) is 2.64. The van der Waals surface area contributed by atoms with E-state index in [4.69, 9.17) is 5.73 Å². The molecule has 1 aromatic carbocycles. The molecule has 0 aliphatic carbocycles. The first-order valence-electron chi connectivity index (χ1n) is 5.70. The second-order valence-electron chi connectivity index (χ2n) is 4.45. The van der Waals surface area contributed by atoms with E-state index in [-0.39, 0.29) is 16.3 Å². The minimum atomic E-state index is -4.25. The Balaban J connectivity index is 3.05. The average molecular weight is 329 g/mol. The van der Waals surface area contributed by atoms with E-state index in [0.29, 0.717) is 0 Å². The summed E-state index contributed by atoms with van der Waals surface area (Å²) in [6, 6.07) is 3.41. The van der Waals surface area contributed by atoms with E-state index < -0.39 is 28.9 Å². The fourth-order valence-electron chi connectivity index (χ4n) is 1.35. The third-order valence-corrected chi connectivity index (χ3v) is 4.45. The predicted octanol–water partition coefficient (Wildman–Crippen LogP) is 1.83. The van der Waals surface area contributed by atoms with Crippen molar-refractivity contribution in [3.8, 4) is 0 Å². The van der Waals surface area contributed by atoms with Crippen molar-refractivity contribution in [2.24, 2.45) is 0 Å². The zero-order chi connectivity index (χ0) is 16.4. The number of halogens is 4. The smallest absolute Gasteiger partial charge is 0.324 e. The van der Waals surface area contributed by atoms with Crippen molar-refractivity contribution in [1.29, 1.82) is 0 Å². The summed E-state index contributed by atoms with van der Waals surface area (Å²) in [6.07, 6.45) is -3.83. The maximum absolute atomic E-state index is 12.8. The number of rotatable bonds is 6. The molecule has 0 aliphatic rings. The van der Waals surface area contributed by atoms with Crippen LogP contribution < -0.4 is 11.1 Å². The summed E-state index contributed by atoms with van der Waals surface area (Å²) in [7, 11) is -1.19. The van der Waals surface area contributed by atoms with Crippen molar-refractivity contribution in [3.05, 3.63) is 18.2 Å². The molecular weight excluding hydrogens is 314 g/mol. The highest BCUT2D eigenvalue weighted by Gasteiger charge is 2.40. The van der Waals surface area contributed by atoms with Gasteiger partial charge in [0.25, 0.3) is 0 Å². The summed E-state index contributed by atoms with van der Waals surface area (Å²) in [5.74, 6) is -4.25. The van der Waals surface area contributed by atoms with Gasteiger partial charge in [-0.15, -0.1) is 0 Å². The molecule has 0 fully saturated rings. The van der Waals surface area contributed by atoms with E-state index >= 15 is 0 Å². The molecule has 3 N–H and O–H groups in total. The largest absolute Gasteiger partial charge is 0.397 e. The van der Waals surface area contributed by atoms with E-state index in [2.05, 4.69) is 0 Å². The lowest BCUT2D eigenvalue weighted by atomic mass is 10.2. The molecule has 0 spiro atoms. The van der Waals surface area contributed by atoms with Crippen LogP contribution in [0.25, 0.3) is 0 Å². The zero-order valence-electron chi connectivity index (χ0n) is 11.3. The van der Waals surface area contributed by atoms with Gasteiger partial charge in [0.15, 0.2) is 0 Å². The Morgan fingerprint density at radius 1 is 1.33 bits per heavy atom. The number of nitrogen functional groups attached to an aromatic ring is 1. The van der Waals surface area contributed by atoms with Gasteiger partial charge in [-0.1, -0.05) is 0 Å². The van der Waals surface area contributed by atoms with Crippen LogP contribution in [0.5, 0.6) is 0 Å². The van der Waals surface area contributed by atoms with Crippen molar-refractivity contribution in [2.75, 3.05) is 31.7 Å². The molecule has 1 rings (SSSR count). The van der Waals surface area contributed by atoms with Crippen LogP contribution >= 0.6 is 0 Å². The van der Waals surface area contributed by atoms with E-state index in [0.717, 1.165) is 10.4 Å². The van der Waals surface area contributed by atoms with Gasteiger partial charge in [0, 0.05) is 14.1 Å². The van der Waals surface area contributed by atoms with Crippen LogP contribution in [-0.2, 0) is 10.0 Å². The summed E-state index contributed by atoms with van der Waals surface area (Å²) in [4.78, 5) is -0.190. The van der Waals surface area contributed by atoms with Gasteiger partial charge in [0.2, 0.25) is 10.0 Å². The molecule has 0 amide bonds. The average Bonchev–Trinajstić information content (AvgIpc) is 2.37. The quantitative estimate of drug-likeness (QED) is 0.617. The lowest BCUT2D eigenvalue weighted by Gasteiger charge is -2.18. The number of alkyl halides is 4. The monoisotopic (exact) mass is 329 g/mol. The molecule has 0 atom stereocenters. The highest BCUT2D eigenvalue weighted by atomic mass is 32.2. The predicted molar refractivity (Wildman–Crippen MR) is 71.2 cm³/mol. The van der Waals surface area contributed by atoms with Crippen LogP contribution in [0.1, 0.15) is 0 Å². The van der Waals surface area contributed by atoms with Crippen LogP contribution in [0.3, 0.4) is 0 Å². The third kappa shape index (κ3) is 3.97. The van der Waals surface area contributed by atoms with Gasteiger partial charge in [-0.2, -0.15) is 8.78 Å². The second-order valence-corrected chi connectivity index (χ2v) is 6.60. The Labute approximate surface area is 119 Å². The van der Waals surface area contributed by atoms with Crippen molar-refractivity contribution < 1.29 is 26.0 Å². The Bertz CT molecular complexity index is 605. The van der Waals surface area contributed by atoms with E-state index in [1.54, 1.807) is 0 Å². The first-order chi connectivity index (χ1) is 9.48. The van der Waals surface area contributed by atoms with Crippen LogP contribution in [0.2, 0.25) is 0 Å². The highest BCUT2D eigenvalue weighted by Crippen LogP contribution is 2.27. The van der Waals surface area contributed by atoms with Gasteiger partial charge in [-0.3, -0.25) is 0 Å². The van der Waals surface area contributed by atoms with Crippen LogP contribution in [0.15, 0.2) is 23.1 Å². The lowest BCUT2D eigenvalue weighted by molar-refractivity contribution is -0.117. The summed E-state index contributed by atoms with van der Waals surface area (Å²) in [5, 5.41) is 2.05. The molecule has 10 heteroatoms. The Morgan fingerprint density at radius 3 is 2.38 bits per heavy atom. The second kappa shape index (κ2) is 6.06. The number of hydrogen-bond acceptors (Lipinski definition) is 4. The summed E-state index contributed by atoms with van der Waals surface area (Å²) in [6.45, 7) is -1.36. The van der Waals surface area contributed by atoms with Gasteiger partial charge in [-0.25, -0.2) is 21.5 Å². The van der Waals surface area contributed by atoms with Crippen LogP contribution in [0, 0.1) is 0 Å². The first kappa shape index (κ1) is 17.5. The summed E-state index contributed by atoms with van der Waals surface area (Å²) < 4.78 is 74.5. The van der Waals surface area contributed by atoms with Crippen molar-refractivity contribution in [3.63, 3.8) is 0 Å². The van der Waals surface area contributed by atoms with Gasteiger partial charge in [-0.05, 0) is 18.2 Å². The topological polar surface area (TPSA) is 75.4 Å². The molecule has 5 nitrogen and oxygen atoms in total. The van der Waals surface area contributed by atoms with Gasteiger partial charge >= 0.3 is 12.3 Å². The molecule has 0 saturated heterocycles. The zero-order valence-corrected chi connectivity index (χ0v) is 12.1. The number of hydrogen-bond donors (Lipinski definition) is 2. The number of nitrogens with two attached hydrogens (primary N) is 1. The molecule has 21 heavy (non-hydrogen) atoms. The van der Waals surface area contributed by atoms with E-state index in [1.165, 1.54) is 26.2 Å². The van der Waals surface area contributed by atoms with Crippen LogP contribution in [-0.4, -0.2) is 45.7 Å². The molecule has 0 unspecified atom stereocenters. The van der Waals surface area contributed by atoms with Gasteiger partial charge in [0.1, 0.15) is 0 Å². The molecule has 0 heterocycles. The first-order valence-corrected chi connectivity index (χ1v) is 7.14. The molecular formula is C11H15F4N3O2S. The van der Waals surface area contributed by atoms with Gasteiger partial charge < -0.3 is 11.1 Å². The molecule has 0 saturated carbocycles. The summed E-state index contributed by atoms with van der Waals surface area (Å²) >= 11 is 0. The minimum absolute atomic E-state index is 0.0298. The number of anilines is 2. The van der Waals surface area contributed by atoms with Crippen LogP contribution in [0.4, 0.5) is 28.9 Å². The summed E-state index contributed by atoms with van der Waals surface area (Å²) in [5.41, 5.74) is 5.33. The Morgan fingerprint density at radius 2 is 1.90 bits per heavy atom. The Hall–Kier alpha value is -1.55. The van der Waals surface area contributed by atoms with E-state index in [1.807, 2.05) is 5.32 Å². The van der Waals surface area contributed by atoms with Crippen molar-refractivity contribution >= 4 is 21.4 Å². The fraction of sp³-hybridized carbons (Fsp3) is 0.455. The molecule has 1 aromatic rings. The maximum atomic E-state index is 12.8. The van der Waals surface area contributed by atoms with E-state index in [9.17, 15) is 26.0 Å². The number of benzene rings is 1. The standard InChI is InChI=1S/C11H15F4N3O2S/c1-18(2)21(19,20)7-3-4-8(16)9(5-7)17-6-11(14,15)10(12)13/h3-5,10,17H,6,16H2,1-2H3. The highest BCUT2D eigenvalue weighted by molar-refractivity contribution is 7.89. The molecule has 120 valence electrons. The molecule has 0 radical (unpaired) electrons. The maximum Gasteiger partial charge on any atom is 0.324 e. The number of nitrogens with zero attached hydrogens (tertiary/aromatic N) is 1.